The first-order chi connectivity index (χ1) is 6.72. The van der Waals surface area contributed by atoms with E-state index in [0.29, 0.717) is 11.4 Å². The largest absolute Gasteiger partial charge is 0.408 e. The minimum atomic E-state index is -4.21. The highest BCUT2D eigenvalue weighted by Gasteiger charge is 2.30. The third-order valence-electron chi connectivity index (χ3n) is 2.34. The lowest BCUT2D eigenvalue weighted by Crippen LogP contribution is -2.19. The van der Waals surface area contributed by atoms with Gasteiger partial charge in [0, 0.05) is 5.69 Å². The fourth-order valence-corrected chi connectivity index (χ4v) is 1.87. The van der Waals surface area contributed by atoms with Crippen molar-refractivity contribution in [2.45, 2.75) is 46.3 Å². The summed E-state index contributed by atoms with van der Waals surface area (Å²) in [4.78, 5) is 0. The minimum Gasteiger partial charge on any atom is -0.260 e. The molecular formula is C10H15F3N2. The SMILES string of the molecule is Cc1nn(CC(F)(F)F)c(C)c1C(C)C. The molecule has 0 aliphatic heterocycles. The van der Waals surface area contributed by atoms with Crippen molar-refractivity contribution in [1.82, 2.24) is 9.78 Å². The Bertz CT molecular complexity index is 350. The summed E-state index contributed by atoms with van der Waals surface area (Å²) in [5.41, 5.74) is 2.21. The number of aryl methyl sites for hydroxylation is 1. The molecular weight excluding hydrogens is 205 g/mol. The average Bonchev–Trinajstić information content (AvgIpc) is 2.23. The van der Waals surface area contributed by atoms with Gasteiger partial charge in [0.15, 0.2) is 0 Å². The number of alkyl halides is 3. The van der Waals surface area contributed by atoms with Gasteiger partial charge >= 0.3 is 6.18 Å². The monoisotopic (exact) mass is 220 g/mol. The second-order valence-corrected chi connectivity index (χ2v) is 4.01. The Labute approximate surface area is 87.1 Å². The van der Waals surface area contributed by atoms with Crippen molar-refractivity contribution in [2.75, 3.05) is 0 Å². The Morgan fingerprint density at radius 2 is 1.80 bits per heavy atom. The lowest BCUT2D eigenvalue weighted by Gasteiger charge is -2.09. The molecule has 0 aromatic carbocycles. The lowest BCUT2D eigenvalue weighted by atomic mass is 10.0. The summed E-state index contributed by atoms with van der Waals surface area (Å²) in [6.45, 7) is 6.33. The molecule has 0 aliphatic carbocycles. The standard InChI is InChI=1S/C10H15F3N2/c1-6(2)9-7(3)14-15(8(9)4)5-10(11,12)13/h6H,5H2,1-4H3. The van der Waals surface area contributed by atoms with Gasteiger partial charge in [-0.25, -0.2) is 0 Å². The molecule has 1 aromatic heterocycles. The summed E-state index contributed by atoms with van der Waals surface area (Å²) in [7, 11) is 0. The van der Waals surface area contributed by atoms with Crippen molar-refractivity contribution < 1.29 is 13.2 Å². The molecule has 15 heavy (non-hydrogen) atoms. The van der Waals surface area contributed by atoms with Crippen LogP contribution in [-0.2, 0) is 6.54 Å². The Hall–Kier alpha value is -1.00. The summed E-state index contributed by atoms with van der Waals surface area (Å²) in [5, 5.41) is 3.91. The van der Waals surface area contributed by atoms with Crippen LogP contribution < -0.4 is 0 Å². The first kappa shape index (κ1) is 12.1. The molecule has 0 unspecified atom stereocenters. The third kappa shape index (κ3) is 2.73. The van der Waals surface area contributed by atoms with E-state index in [1.165, 1.54) is 0 Å². The highest BCUT2D eigenvalue weighted by molar-refractivity contribution is 5.27. The fraction of sp³-hybridized carbons (Fsp3) is 0.700. The lowest BCUT2D eigenvalue weighted by molar-refractivity contribution is -0.142. The van der Waals surface area contributed by atoms with Crippen LogP contribution in [-0.4, -0.2) is 16.0 Å². The maximum atomic E-state index is 12.2. The number of hydrogen-bond donors (Lipinski definition) is 0. The van der Waals surface area contributed by atoms with E-state index in [4.69, 9.17) is 0 Å². The molecule has 0 saturated heterocycles. The molecule has 0 radical (unpaired) electrons. The Balaban J connectivity index is 3.07. The van der Waals surface area contributed by atoms with Gasteiger partial charge in [0.1, 0.15) is 6.54 Å². The van der Waals surface area contributed by atoms with E-state index in [1.54, 1.807) is 13.8 Å². The normalized spacial score (nSPS) is 12.5. The van der Waals surface area contributed by atoms with E-state index in [9.17, 15) is 13.2 Å². The van der Waals surface area contributed by atoms with Gasteiger partial charge < -0.3 is 0 Å². The molecule has 0 fully saturated rings. The fourth-order valence-electron chi connectivity index (χ4n) is 1.87. The van der Waals surface area contributed by atoms with Crippen molar-refractivity contribution in [3.05, 3.63) is 17.0 Å². The van der Waals surface area contributed by atoms with Crippen LogP contribution in [0.4, 0.5) is 13.2 Å². The molecule has 2 nitrogen and oxygen atoms in total. The third-order valence-corrected chi connectivity index (χ3v) is 2.34. The maximum Gasteiger partial charge on any atom is 0.408 e. The van der Waals surface area contributed by atoms with Gasteiger partial charge in [-0.05, 0) is 25.3 Å². The second-order valence-electron chi connectivity index (χ2n) is 4.01. The molecule has 0 saturated carbocycles. The van der Waals surface area contributed by atoms with Gasteiger partial charge in [0.25, 0.3) is 0 Å². The number of nitrogens with zero attached hydrogens (tertiary/aromatic N) is 2. The molecule has 1 aromatic rings. The van der Waals surface area contributed by atoms with Crippen molar-refractivity contribution in [1.29, 1.82) is 0 Å². The van der Waals surface area contributed by atoms with Crippen molar-refractivity contribution in [3.63, 3.8) is 0 Å². The summed E-state index contributed by atoms with van der Waals surface area (Å²) in [6.07, 6.45) is -4.21. The molecule has 0 aliphatic rings. The van der Waals surface area contributed by atoms with E-state index < -0.39 is 12.7 Å². The van der Waals surface area contributed by atoms with Gasteiger partial charge in [-0.1, -0.05) is 13.8 Å². The van der Waals surface area contributed by atoms with Crippen LogP contribution in [0.5, 0.6) is 0 Å². The van der Waals surface area contributed by atoms with Crippen LogP contribution in [0.1, 0.15) is 36.7 Å². The van der Waals surface area contributed by atoms with Crippen LogP contribution in [0, 0.1) is 13.8 Å². The molecule has 5 heteroatoms. The topological polar surface area (TPSA) is 17.8 Å². The van der Waals surface area contributed by atoms with Gasteiger partial charge in [-0.3, -0.25) is 4.68 Å². The zero-order chi connectivity index (χ0) is 11.8. The average molecular weight is 220 g/mol. The predicted molar refractivity (Wildman–Crippen MR) is 51.8 cm³/mol. The van der Waals surface area contributed by atoms with E-state index in [1.807, 2.05) is 13.8 Å². The van der Waals surface area contributed by atoms with Crippen molar-refractivity contribution >= 4 is 0 Å². The number of aromatic nitrogens is 2. The zero-order valence-corrected chi connectivity index (χ0v) is 9.31. The zero-order valence-electron chi connectivity index (χ0n) is 9.31. The van der Waals surface area contributed by atoms with Crippen LogP contribution in [0.3, 0.4) is 0 Å². The summed E-state index contributed by atoms with van der Waals surface area (Å²) >= 11 is 0. The molecule has 0 spiro atoms. The predicted octanol–water partition coefficient (Wildman–Crippen LogP) is 3.19. The Kier molecular flexibility index (Phi) is 3.11. The van der Waals surface area contributed by atoms with Crippen LogP contribution in [0.15, 0.2) is 0 Å². The Morgan fingerprint density at radius 3 is 2.13 bits per heavy atom. The van der Waals surface area contributed by atoms with Gasteiger partial charge in [0.2, 0.25) is 0 Å². The molecule has 1 heterocycles. The maximum absolute atomic E-state index is 12.2. The highest BCUT2D eigenvalue weighted by atomic mass is 19.4. The summed E-state index contributed by atoms with van der Waals surface area (Å²) < 4.78 is 37.6. The first-order valence-electron chi connectivity index (χ1n) is 4.83. The highest BCUT2D eigenvalue weighted by Crippen LogP contribution is 2.25. The number of rotatable bonds is 2. The van der Waals surface area contributed by atoms with Crippen LogP contribution in [0.2, 0.25) is 0 Å². The van der Waals surface area contributed by atoms with Gasteiger partial charge in [-0.2, -0.15) is 18.3 Å². The molecule has 0 N–H and O–H groups in total. The van der Waals surface area contributed by atoms with Crippen LogP contribution in [0.25, 0.3) is 0 Å². The quantitative estimate of drug-likeness (QED) is 0.748. The number of hydrogen-bond acceptors (Lipinski definition) is 1. The van der Waals surface area contributed by atoms with Crippen molar-refractivity contribution in [3.8, 4) is 0 Å². The number of halogens is 3. The minimum absolute atomic E-state index is 0.201. The van der Waals surface area contributed by atoms with E-state index in [-0.39, 0.29) is 5.92 Å². The van der Waals surface area contributed by atoms with E-state index in [0.717, 1.165) is 10.2 Å². The molecule has 0 amide bonds. The molecule has 0 atom stereocenters. The summed E-state index contributed by atoms with van der Waals surface area (Å²) in [5.74, 6) is 0.201. The molecule has 1 rings (SSSR count). The molecule has 0 bridgehead atoms. The van der Waals surface area contributed by atoms with Crippen LogP contribution >= 0.6 is 0 Å². The van der Waals surface area contributed by atoms with Gasteiger partial charge in [0.05, 0.1) is 5.69 Å². The van der Waals surface area contributed by atoms with E-state index >= 15 is 0 Å². The second kappa shape index (κ2) is 3.87. The van der Waals surface area contributed by atoms with E-state index in [2.05, 4.69) is 5.10 Å². The summed E-state index contributed by atoms with van der Waals surface area (Å²) in [6, 6.07) is 0. The smallest absolute Gasteiger partial charge is 0.260 e. The first-order valence-corrected chi connectivity index (χ1v) is 4.83. The van der Waals surface area contributed by atoms with Crippen molar-refractivity contribution in [2.24, 2.45) is 0 Å². The van der Waals surface area contributed by atoms with Gasteiger partial charge in [-0.15, -0.1) is 0 Å². The molecule has 86 valence electrons. The Morgan fingerprint density at radius 1 is 1.27 bits per heavy atom.